The van der Waals surface area contributed by atoms with Crippen LogP contribution in [0.4, 0.5) is 8.78 Å². The van der Waals surface area contributed by atoms with Crippen molar-refractivity contribution in [2.24, 2.45) is 0 Å². The largest absolute Gasteiger partial charge is 0.388 e. The molecule has 1 aromatic rings. The maximum Gasteiger partial charge on any atom is 0.223 e. The second kappa shape index (κ2) is 6.28. The number of aryl methyl sites for hydroxylation is 1. The minimum absolute atomic E-state index is 0.0995. The van der Waals surface area contributed by atoms with Crippen molar-refractivity contribution in [1.29, 1.82) is 0 Å². The van der Waals surface area contributed by atoms with Crippen LogP contribution in [0.1, 0.15) is 12.0 Å². The second-order valence-corrected chi connectivity index (χ2v) is 4.91. The van der Waals surface area contributed by atoms with Crippen LogP contribution >= 0.6 is 0 Å². The van der Waals surface area contributed by atoms with Crippen molar-refractivity contribution in [2.45, 2.75) is 25.0 Å². The zero-order valence-electron chi connectivity index (χ0n) is 11.2. The maximum absolute atomic E-state index is 13.4. The van der Waals surface area contributed by atoms with E-state index in [2.05, 4.69) is 0 Å². The number of amides is 1. The minimum atomic E-state index is -0.688. The van der Waals surface area contributed by atoms with Gasteiger partial charge in [-0.15, -0.1) is 0 Å². The molecule has 1 fully saturated rings. The van der Waals surface area contributed by atoms with Crippen molar-refractivity contribution in [3.63, 3.8) is 0 Å². The summed E-state index contributed by atoms with van der Waals surface area (Å²) < 4.78 is 31.3. The molecule has 110 valence electrons. The standard InChI is InChI=1S/C14H17F2NO3/c1-17(12-7-20-8-13(12)18)14(19)5-3-9-2-4-10(15)6-11(9)16/h2,4,6,12-13,18H,3,5,7-8H2,1H3/t12-,13-/m0/s1. The normalized spacial score (nSPS) is 22.0. The molecular weight excluding hydrogens is 268 g/mol. The Morgan fingerprint density at radius 1 is 1.45 bits per heavy atom. The third kappa shape index (κ3) is 3.32. The molecule has 1 aromatic carbocycles. The lowest BCUT2D eigenvalue weighted by Gasteiger charge is -2.25. The summed E-state index contributed by atoms with van der Waals surface area (Å²) in [5.74, 6) is -1.49. The van der Waals surface area contributed by atoms with Gasteiger partial charge in [0.15, 0.2) is 0 Å². The maximum atomic E-state index is 13.4. The molecule has 0 spiro atoms. The first-order chi connectivity index (χ1) is 9.49. The lowest BCUT2D eigenvalue weighted by atomic mass is 10.1. The Hall–Kier alpha value is -1.53. The molecule has 1 amide bonds. The Morgan fingerprint density at radius 2 is 2.20 bits per heavy atom. The average molecular weight is 285 g/mol. The minimum Gasteiger partial charge on any atom is -0.388 e. The van der Waals surface area contributed by atoms with E-state index in [-0.39, 0.29) is 31.4 Å². The van der Waals surface area contributed by atoms with E-state index in [1.807, 2.05) is 0 Å². The molecule has 0 saturated carbocycles. The highest BCUT2D eigenvalue weighted by Crippen LogP contribution is 2.15. The quantitative estimate of drug-likeness (QED) is 0.902. The highest BCUT2D eigenvalue weighted by Gasteiger charge is 2.31. The Balaban J connectivity index is 1.91. The third-order valence-electron chi connectivity index (χ3n) is 3.54. The highest BCUT2D eigenvalue weighted by atomic mass is 19.1. The van der Waals surface area contributed by atoms with E-state index in [1.165, 1.54) is 17.0 Å². The summed E-state index contributed by atoms with van der Waals surface area (Å²) >= 11 is 0. The fraction of sp³-hybridized carbons (Fsp3) is 0.500. The van der Waals surface area contributed by atoms with E-state index >= 15 is 0 Å². The molecule has 0 aliphatic carbocycles. The van der Waals surface area contributed by atoms with Crippen LogP contribution in [-0.2, 0) is 16.0 Å². The zero-order chi connectivity index (χ0) is 14.7. The van der Waals surface area contributed by atoms with Crippen LogP contribution in [0.2, 0.25) is 0 Å². The van der Waals surface area contributed by atoms with E-state index in [9.17, 15) is 18.7 Å². The lowest BCUT2D eigenvalue weighted by Crippen LogP contribution is -2.44. The van der Waals surface area contributed by atoms with Gasteiger partial charge >= 0.3 is 0 Å². The van der Waals surface area contributed by atoms with Gasteiger partial charge in [-0.2, -0.15) is 0 Å². The van der Waals surface area contributed by atoms with E-state index in [0.29, 0.717) is 12.2 Å². The van der Waals surface area contributed by atoms with Crippen LogP contribution < -0.4 is 0 Å². The van der Waals surface area contributed by atoms with Gasteiger partial charge in [-0.1, -0.05) is 6.07 Å². The number of benzene rings is 1. The Labute approximate surface area is 116 Å². The summed E-state index contributed by atoms with van der Waals surface area (Å²) in [4.78, 5) is 13.4. The number of rotatable bonds is 4. The number of ether oxygens (including phenoxy) is 1. The fourth-order valence-electron chi connectivity index (χ4n) is 2.23. The number of halogens is 2. The average Bonchev–Trinajstić information content (AvgIpc) is 2.82. The molecule has 2 atom stereocenters. The molecule has 0 aromatic heterocycles. The summed E-state index contributed by atoms with van der Waals surface area (Å²) in [6, 6.07) is 2.95. The predicted molar refractivity (Wildman–Crippen MR) is 68.1 cm³/mol. The van der Waals surface area contributed by atoms with Crippen molar-refractivity contribution >= 4 is 5.91 Å². The van der Waals surface area contributed by atoms with Crippen LogP contribution in [0.3, 0.4) is 0 Å². The van der Waals surface area contributed by atoms with Crippen LogP contribution in [0.15, 0.2) is 18.2 Å². The molecule has 1 N–H and O–H groups in total. The van der Waals surface area contributed by atoms with Gasteiger partial charge in [0, 0.05) is 19.5 Å². The molecule has 4 nitrogen and oxygen atoms in total. The van der Waals surface area contributed by atoms with Gasteiger partial charge in [0.2, 0.25) is 5.91 Å². The highest BCUT2D eigenvalue weighted by molar-refractivity contribution is 5.76. The number of hydrogen-bond acceptors (Lipinski definition) is 3. The fourth-order valence-corrected chi connectivity index (χ4v) is 2.23. The molecule has 1 aliphatic rings. The first kappa shape index (κ1) is 14.9. The first-order valence-electron chi connectivity index (χ1n) is 6.44. The number of aliphatic hydroxyl groups is 1. The van der Waals surface area contributed by atoms with Crippen molar-refractivity contribution < 1.29 is 23.4 Å². The van der Waals surface area contributed by atoms with Gasteiger partial charge in [-0.3, -0.25) is 4.79 Å². The molecule has 0 unspecified atom stereocenters. The van der Waals surface area contributed by atoms with Crippen molar-refractivity contribution in [3.8, 4) is 0 Å². The molecule has 0 radical (unpaired) electrons. The topological polar surface area (TPSA) is 49.8 Å². The van der Waals surface area contributed by atoms with Crippen molar-refractivity contribution in [2.75, 3.05) is 20.3 Å². The summed E-state index contributed by atoms with van der Waals surface area (Å²) in [6.45, 7) is 0.517. The number of hydrogen-bond donors (Lipinski definition) is 1. The monoisotopic (exact) mass is 285 g/mol. The lowest BCUT2D eigenvalue weighted by molar-refractivity contribution is -0.133. The third-order valence-corrected chi connectivity index (χ3v) is 3.54. The SMILES string of the molecule is CN(C(=O)CCc1ccc(F)cc1F)[C@H]1COC[C@@H]1O. The summed E-state index contributed by atoms with van der Waals surface area (Å²) in [6.07, 6.45) is -0.396. The van der Waals surface area contributed by atoms with Gasteiger partial charge in [0.25, 0.3) is 0 Å². The van der Waals surface area contributed by atoms with Crippen LogP contribution in [0.5, 0.6) is 0 Å². The number of likely N-dealkylation sites (N-methyl/N-ethyl adjacent to an activating group) is 1. The van der Waals surface area contributed by atoms with Gasteiger partial charge in [0.1, 0.15) is 11.6 Å². The number of aliphatic hydroxyl groups excluding tert-OH is 1. The van der Waals surface area contributed by atoms with Crippen LogP contribution in [0.25, 0.3) is 0 Å². The molecule has 1 aliphatic heterocycles. The van der Waals surface area contributed by atoms with E-state index in [1.54, 1.807) is 7.05 Å². The first-order valence-corrected chi connectivity index (χ1v) is 6.44. The summed E-state index contributed by atoms with van der Waals surface area (Å²) in [7, 11) is 1.59. The molecular formula is C14H17F2NO3. The summed E-state index contributed by atoms with van der Waals surface area (Å²) in [5.41, 5.74) is 0.302. The number of carbonyl (C=O) groups is 1. The van der Waals surface area contributed by atoms with E-state index < -0.39 is 17.7 Å². The molecule has 1 heterocycles. The van der Waals surface area contributed by atoms with Crippen LogP contribution in [0, 0.1) is 11.6 Å². The molecule has 20 heavy (non-hydrogen) atoms. The summed E-state index contributed by atoms with van der Waals surface area (Å²) in [5, 5.41) is 9.65. The number of carbonyl (C=O) groups excluding carboxylic acids is 1. The molecule has 6 heteroatoms. The number of nitrogens with zero attached hydrogens (tertiary/aromatic N) is 1. The van der Waals surface area contributed by atoms with Gasteiger partial charge in [0.05, 0.1) is 25.4 Å². The van der Waals surface area contributed by atoms with Gasteiger partial charge < -0.3 is 14.7 Å². The Bertz CT molecular complexity index is 495. The van der Waals surface area contributed by atoms with Crippen molar-refractivity contribution in [3.05, 3.63) is 35.4 Å². The Morgan fingerprint density at radius 3 is 2.80 bits per heavy atom. The van der Waals surface area contributed by atoms with E-state index in [0.717, 1.165) is 6.07 Å². The predicted octanol–water partition coefficient (Wildman–Crippen LogP) is 1.12. The Kier molecular flexibility index (Phi) is 4.67. The molecule has 0 bridgehead atoms. The van der Waals surface area contributed by atoms with Crippen molar-refractivity contribution in [1.82, 2.24) is 4.90 Å². The molecule has 1 saturated heterocycles. The molecule has 2 rings (SSSR count). The van der Waals surface area contributed by atoms with Gasteiger partial charge in [-0.25, -0.2) is 8.78 Å². The second-order valence-electron chi connectivity index (χ2n) is 4.91. The van der Waals surface area contributed by atoms with Gasteiger partial charge in [-0.05, 0) is 18.1 Å². The smallest absolute Gasteiger partial charge is 0.223 e. The van der Waals surface area contributed by atoms with E-state index in [4.69, 9.17) is 4.74 Å². The van der Waals surface area contributed by atoms with Crippen LogP contribution in [-0.4, -0.2) is 48.3 Å². The zero-order valence-corrected chi connectivity index (χ0v) is 11.2.